The zero-order valence-corrected chi connectivity index (χ0v) is 10.5. The van der Waals surface area contributed by atoms with Gasteiger partial charge in [-0.05, 0) is 24.8 Å². The van der Waals surface area contributed by atoms with E-state index in [0.29, 0.717) is 6.54 Å². The number of nitrogens with one attached hydrogen (secondary N) is 1. The fourth-order valence-electron chi connectivity index (χ4n) is 2.10. The van der Waals surface area contributed by atoms with Gasteiger partial charge in [-0.3, -0.25) is 4.79 Å². The first-order valence-corrected chi connectivity index (χ1v) is 6.47. The van der Waals surface area contributed by atoms with Gasteiger partial charge in [-0.15, -0.1) is 0 Å². The Hall–Kier alpha value is -1.39. The van der Waals surface area contributed by atoms with Gasteiger partial charge in [0.25, 0.3) is 0 Å². The van der Waals surface area contributed by atoms with Crippen LogP contribution in [0.15, 0.2) is 30.3 Å². The fraction of sp³-hybridized carbons (Fsp3) is 0.500. The maximum Gasteiger partial charge on any atom is 0.241 e. The van der Waals surface area contributed by atoms with Crippen LogP contribution >= 0.6 is 0 Å². The van der Waals surface area contributed by atoms with Crippen molar-refractivity contribution in [1.29, 1.82) is 0 Å². The summed E-state index contributed by atoms with van der Waals surface area (Å²) >= 11 is 0. The molecular weight excluding hydrogens is 228 g/mol. The third kappa shape index (κ3) is 3.55. The minimum Gasteiger partial charge on any atom is -0.376 e. The van der Waals surface area contributed by atoms with E-state index in [1.807, 2.05) is 30.3 Å². The van der Waals surface area contributed by atoms with E-state index in [-0.39, 0.29) is 12.0 Å². The van der Waals surface area contributed by atoms with Gasteiger partial charge >= 0.3 is 0 Å². The van der Waals surface area contributed by atoms with Crippen molar-refractivity contribution in [2.24, 2.45) is 5.73 Å². The number of nitrogens with two attached hydrogens (primary N) is 1. The number of rotatable bonds is 4. The standard InChI is InChI=1S/C14H20N2O2/c15-13(11-6-2-1-3-7-11)14(17)16-10-12-8-4-5-9-18-12/h1-3,6-7,12-13H,4-5,8-10,15H2,(H,16,17). The molecule has 0 radical (unpaired) electrons. The predicted octanol–water partition coefficient (Wildman–Crippen LogP) is 1.37. The SMILES string of the molecule is NC(C(=O)NCC1CCCCO1)c1ccccc1. The highest BCUT2D eigenvalue weighted by molar-refractivity contribution is 5.82. The average molecular weight is 248 g/mol. The van der Waals surface area contributed by atoms with Gasteiger partial charge in [0.15, 0.2) is 0 Å². The molecule has 1 fully saturated rings. The van der Waals surface area contributed by atoms with Crippen molar-refractivity contribution in [1.82, 2.24) is 5.32 Å². The first kappa shape index (κ1) is 13.1. The average Bonchev–Trinajstić information content (AvgIpc) is 2.46. The van der Waals surface area contributed by atoms with Gasteiger partial charge in [0.2, 0.25) is 5.91 Å². The maximum atomic E-state index is 11.9. The van der Waals surface area contributed by atoms with E-state index in [0.717, 1.165) is 25.0 Å². The number of carbonyl (C=O) groups excluding carboxylic acids is 1. The van der Waals surface area contributed by atoms with E-state index in [2.05, 4.69) is 5.32 Å². The second-order valence-corrected chi connectivity index (χ2v) is 4.62. The van der Waals surface area contributed by atoms with Crippen molar-refractivity contribution in [2.45, 2.75) is 31.4 Å². The van der Waals surface area contributed by atoms with Crippen molar-refractivity contribution < 1.29 is 9.53 Å². The Kier molecular flexibility index (Phi) is 4.73. The number of benzene rings is 1. The van der Waals surface area contributed by atoms with Gasteiger partial charge in [0.05, 0.1) is 6.10 Å². The second-order valence-electron chi connectivity index (χ2n) is 4.62. The molecule has 0 bridgehead atoms. The molecule has 4 heteroatoms. The van der Waals surface area contributed by atoms with Gasteiger partial charge in [-0.1, -0.05) is 30.3 Å². The van der Waals surface area contributed by atoms with Gasteiger partial charge in [0.1, 0.15) is 6.04 Å². The van der Waals surface area contributed by atoms with Gasteiger partial charge in [-0.25, -0.2) is 0 Å². The summed E-state index contributed by atoms with van der Waals surface area (Å²) in [6.07, 6.45) is 3.45. The Morgan fingerprint density at radius 3 is 2.83 bits per heavy atom. The van der Waals surface area contributed by atoms with Crippen molar-refractivity contribution in [3.8, 4) is 0 Å². The number of hydrogen-bond donors (Lipinski definition) is 2. The molecule has 3 N–H and O–H groups in total. The van der Waals surface area contributed by atoms with Crippen molar-refractivity contribution >= 4 is 5.91 Å². The van der Waals surface area contributed by atoms with Crippen LogP contribution in [0.2, 0.25) is 0 Å². The topological polar surface area (TPSA) is 64.4 Å². The molecule has 0 aliphatic carbocycles. The van der Waals surface area contributed by atoms with Gasteiger partial charge in [-0.2, -0.15) is 0 Å². The summed E-state index contributed by atoms with van der Waals surface area (Å²) in [7, 11) is 0. The van der Waals surface area contributed by atoms with Crippen LogP contribution in [0.1, 0.15) is 30.9 Å². The molecule has 0 aromatic heterocycles. The van der Waals surface area contributed by atoms with Crippen molar-refractivity contribution in [3.63, 3.8) is 0 Å². The molecule has 2 rings (SSSR count). The zero-order valence-electron chi connectivity index (χ0n) is 10.5. The molecule has 1 aliphatic heterocycles. The van der Waals surface area contributed by atoms with Crippen molar-refractivity contribution in [2.75, 3.05) is 13.2 Å². The van der Waals surface area contributed by atoms with Gasteiger partial charge in [0, 0.05) is 13.2 Å². The molecule has 98 valence electrons. The smallest absolute Gasteiger partial charge is 0.241 e. The summed E-state index contributed by atoms with van der Waals surface area (Å²) in [5.74, 6) is -0.143. The van der Waals surface area contributed by atoms with E-state index in [1.165, 1.54) is 6.42 Å². The summed E-state index contributed by atoms with van der Waals surface area (Å²) in [6, 6.07) is 8.79. The third-order valence-corrected chi connectivity index (χ3v) is 3.22. The Labute approximate surface area is 108 Å². The van der Waals surface area contributed by atoms with Crippen LogP contribution in [-0.4, -0.2) is 25.2 Å². The lowest BCUT2D eigenvalue weighted by atomic mass is 10.1. The Morgan fingerprint density at radius 2 is 2.17 bits per heavy atom. The minimum atomic E-state index is -0.602. The van der Waals surface area contributed by atoms with Gasteiger partial charge < -0.3 is 15.8 Å². The van der Waals surface area contributed by atoms with Crippen molar-refractivity contribution in [3.05, 3.63) is 35.9 Å². The molecule has 2 atom stereocenters. The molecule has 1 amide bonds. The van der Waals surface area contributed by atoms with Crippen LogP contribution in [0.3, 0.4) is 0 Å². The summed E-state index contributed by atoms with van der Waals surface area (Å²) in [5.41, 5.74) is 6.73. The highest BCUT2D eigenvalue weighted by Gasteiger charge is 2.18. The molecule has 1 aromatic rings. The first-order chi connectivity index (χ1) is 8.77. The van der Waals surface area contributed by atoms with Crippen LogP contribution in [0.4, 0.5) is 0 Å². The lowest BCUT2D eigenvalue weighted by Crippen LogP contribution is -2.40. The molecule has 1 heterocycles. The number of amides is 1. The number of carbonyl (C=O) groups is 1. The third-order valence-electron chi connectivity index (χ3n) is 3.22. The van der Waals surface area contributed by atoms with E-state index >= 15 is 0 Å². The van der Waals surface area contributed by atoms with E-state index < -0.39 is 6.04 Å². The molecule has 18 heavy (non-hydrogen) atoms. The fourth-order valence-corrected chi connectivity index (χ4v) is 2.10. The molecular formula is C14H20N2O2. The normalized spacial score (nSPS) is 21.3. The van der Waals surface area contributed by atoms with Crippen LogP contribution < -0.4 is 11.1 Å². The quantitative estimate of drug-likeness (QED) is 0.846. The molecule has 0 spiro atoms. The zero-order chi connectivity index (χ0) is 12.8. The molecule has 4 nitrogen and oxygen atoms in total. The Balaban J connectivity index is 1.80. The predicted molar refractivity (Wildman–Crippen MR) is 70.0 cm³/mol. The summed E-state index contributed by atoms with van der Waals surface area (Å²) in [6.45, 7) is 1.35. The highest BCUT2D eigenvalue weighted by Crippen LogP contribution is 2.13. The Morgan fingerprint density at radius 1 is 1.39 bits per heavy atom. The molecule has 1 saturated heterocycles. The van der Waals surface area contributed by atoms with Crippen LogP contribution in [0.5, 0.6) is 0 Å². The lowest BCUT2D eigenvalue weighted by molar-refractivity contribution is -0.123. The maximum absolute atomic E-state index is 11.9. The second kappa shape index (κ2) is 6.52. The van der Waals surface area contributed by atoms with E-state index in [4.69, 9.17) is 10.5 Å². The first-order valence-electron chi connectivity index (χ1n) is 6.47. The summed E-state index contributed by atoms with van der Waals surface area (Å²) in [5, 5.41) is 2.86. The minimum absolute atomic E-state index is 0.143. The molecule has 1 aromatic carbocycles. The van der Waals surface area contributed by atoms with Crippen LogP contribution in [-0.2, 0) is 9.53 Å². The Bertz CT molecular complexity index is 375. The van der Waals surface area contributed by atoms with E-state index in [9.17, 15) is 4.79 Å². The largest absolute Gasteiger partial charge is 0.376 e. The number of ether oxygens (including phenoxy) is 1. The lowest BCUT2D eigenvalue weighted by Gasteiger charge is -2.23. The molecule has 1 aliphatic rings. The van der Waals surface area contributed by atoms with Crippen LogP contribution in [0.25, 0.3) is 0 Å². The van der Waals surface area contributed by atoms with Crippen LogP contribution in [0, 0.1) is 0 Å². The summed E-state index contributed by atoms with van der Waals surface area (Å²) in [4.78, 5) is 11.9. The monoisotopic (exact) mass is 248 g/mol. The highest BCUT2D eigenvalue weighted by atomic mass is 16.5. The molecule has 2 unspecified atom stereocenters. The van der Waals surface area contributed by atoms with E-state index in [1.54, 1.807) is 0 Å². The summed E-state index contributed by atoms with van der Waals surface area (Å²) < 4.78 is 5.56. The number of hydrogen-bond acceptors (Lipinski definition) is 3. The molecule has 0 saturated carbocycles.